The first-order chi connectivity index (χ1) is 12.8. The molecule has 2 rings (SSSR count). The Morgan fingerprint density at radius 1 is 0.724 bits per heavy atom. The molecule has 2 heteroatoms. The van der Waals surface area contributed by atoms with Crippen LogP contribution in [0.3, 0.4) is 0 Å². The fourth-order valence-electron chi connectivity index (χ4n) is 7.01. The second-order valence-corrected chi connectivity index (χ2v) is 24.1. The van der Waals surface area contributed by atoms with Crippen molar-refractivity contribution in [2.24, 2.45) is 0 Å². The molecule has 0 aromatic heterocycles. The average molecular weight is 427 g/mol. The maximum Gasteiger partial charge on any atom is 0.111 e. The molecule has 1 aliphatic carbocycles. The van der Waals surface area contributed by atoms with Crippen molar-refractivity contribution < 1.29 is 0 Å². The van der Waals surface area contributed by atoms with Gasteiger partial charge in [0.25, 0.3) is 0 Å². The SMILES string of the molecule is CC1=CC(C)([Si](c2cc(C)cc([Si](C)(C)C)c2)(C(C)(C)C)C(C)(C)C)C(C)=C1C. The molecule has 0 aliphatic heterocycles. The van der Waals surface area contributed by atoms with Crippen LogP contribution in [0.15, 0.2) is 41.0 Å². The Kier molecular flexibility index (Phi) is 5.96. The first-order valence-corrected chi connectivity index (χ1v) is 16.8. The van der Waals surface area contributed by atoms with Gasteiger partial charge in [-0.25, -0.2) is 0 Å². The maximum atomic E-state index is 2.65. The Morgan fingerprint density at radius 3 is 1.52 bits per heavy atom. The van der Waals surface area contributed by atoms with Gasteiger partial charge in [0, 0.05) is 5.04 Å². The molecule has 1 unspecified atom stereocenters. The molecule has 0 nitrogen and oxygen atoms in total. The van der Waals surface area contributed by atoms with Crippen molar-refractivity contribution in [1.29, 1.82) is 0 Å². The summed E-state index contributed by atoms with van der Waals surface area (Å²) in [5.41, 5.74) is 6.03. The molecule has 0 radical (unpaired) electrons. The third-order valence-corrected chi connectivity index (χ3v) is 17.6. The molecule has 0 spiro atoms. The summed E-state index contributed by atoms with van der Waals surface area (Å²) in [4.78, 5) is 0. The first kappa shape index (κ1) is 24.4. The van der Waals surface area contributed by atoms with Gasteiger partial charge in [-0.05, 0) is 43.3 Å². The molecule has 0 N–H and O–H groups in total. The Balaban J connectivity index is 3.10. The van der Waals surface area contributed by atoms with Gasteiger partial charge in [0.2, 0.25) is 0 Å². The molecule has 162 valence electrons. The average Bonchev–Trinajstić information content (AvgIpc) is 2.67. The van der Waals surface area contributed by atoms with Crippen LogP contribution in [0.25, 0.3) is 0 Å². The lowest BCUT2D eigenvalue weighted by atomic mass is 10.0. The van der Waals surface area contributed by atoms with Gasteiger partial charge in [0.05, 0.1) is 8.07 Å². The van der Waals surface area contributed by atoms with Gasteiger partial charge in [-0.15, -0.1) is 0 Å². The number of rotatable bonds is 3. The molecule has 1 aromatic rings. The number of allylic oxidation sites excluding steroid dienone is 4. The van der Waals surface area contributed by atoms with E-state index in [1.165, 1.54) is 16.7 Å². The van der Waals surface area contributed by atoms with Gasteiger partial charge in [-0.2, -0.15) is 0 Å². The van der Waals surface area contributed by atoms with Crippen LogP contribution in [0.4, 0.5) is 0 Å². The van der Waals surface area contributed by atoms with Gasteiger partial charge in [0.15, 0.2) is 0 Å². The Hall–Kier alpha value is -0.866. The Morgan fingerprint density at radius 2 is 1.17 bits per heavy atom. The van der Waals surface area contributed by atoms with Crippen molar-refractivity contribution in [3.8, 4) is 0 Å². The van der Waals surface area contributed by atoms with Crippen molar-refractivity contribution in [2.45, 2.75) is 111 Å². The van der Waals surface area contributed by atoms with Gasteiger partial charge in [-0.1, -0.05) is 119 Å². The van der Waals surface area contributed by atoms with E-state index in [9.17, 15) is 0 Å². The zero-order valence-electron chi connectivity index (χ0n) is 21.8. The van der Waals surface area contributed by atoms with E-state index in [1.807, 2.05) is 0 Å². The van der Waals surface area contributed by atoms with Gasteiger partial charge < -0.3 is 0 Å². The topological polar surface area (TPSA) is 0 Å². The zero-order chi connectivity index (χ0) is 22.8. The molecule has 0 saturated carbocycles. The summed E-state index contributed by atoms with van der Waals surface area (Å²) < 4.78 is 0. The molecule has 1 atom stereocenters. The molecule has 0 amide bonds. The molecular formula is C27H46Si2. The number of hydrogen-bond acceptors (Lipinski definition) is 0. The van der Waals surface area contributed by atoms with Crippen LogP contribution in [-0.4, -0.2) is 16.1 Å². The van der Waals surface area contributed by atoms with Crippen molar-refractivity contribution in [2.75, 3.05) is 0 Å². The van der Waals surface area contributed by atoms with Crippen LogP contribution in [0.1, 0.15) is 74.8 Å². The minimum absolute atomic E-state index is 0.113. The van der Waals surface area contributed by atoms with E-state index < -0.39 is 16.1 Å². The normalized spacial score (nSPS) is 21.7. The molecule has 1 aliphatic rings. The fourth-order valence-corrected chi connectivity index (χ4v) is 18.1. The van der Waals surface area contributed by atoms with Crippen LogP contribution < -0.4 is 10.4 Å². The largest absolute Gasteiger partial charge is 0.111 e. The van der Waals surface area contributed by atoms with Crippen LogP contribution >= 0.6 is 0 Å². The van der Waals surface area contributed by atoms with E-state index in [1.54, 1.807) is 15.9 Å². The monoisotopic (exact) mass is 426 g/mol. The van der Waals surface area contributed by atoms with Crippen molar-refractivity contribution in [1.82, 2.24) is 0 Å². The summed E-state index contributed by atoms with van der Waals surface area (Å²) in [6, 6.07) is 7.67. The number of benzene rings is 1. The molecule has 0 saturated heterocycles. The predicted octanol–water partition coefficient (Wildman–Crippen LogP) is 7.85. The van der Waals surface area contributed by atoms with Crippen molar-refractivity contribution in [3.05, 3.63) is 46.6 Å². The highest BCUT2D eigenvalue weighted by Gasteiger charge is 2.65. The Labute approximate surface area is 183 Å². The third kappa shape index (κ3) is 3.59. The lowest BCUT2D eigenvalue weighted by Crippen LogP contribution is -2.68. The highest BCUT2D eigenvalue weighted by Crippen LogP contribution is 2.67. The van der Waals surface area contributed by atoms with E-state index in [0.29, 0.717) is 0 Å². The van der Waals surface area contributed by atoms with Gasteiger partial charge >= 0.3 is 0 Å². The first-order valence-electron chi connectivity index (χ1n) is 11.3. The molecule has 0 heterocycles. The standard InChI is InChI=1S/C27H46Si2/c1-19-15-23(28(12,13)14)17-24(16-19)29(25(5,6)7,26(8,9)10)27(11)18-20(2)21(3)22(27)4/h15-18H,1-14H3. The minimum Gasteiger partial charge on any atom is -0.0736 e. The van der Waals surface area contributed by atoms with Crippen molar-refractivity contribution in [3.63, 3.8) is 0 Å². The molecule has 29 heavy (non-hydrogen) atoms. The maximum absolute atomic E-state index is 2.65. The molecule has 0 bridgehead atoms. The van der Waals surface area contributed by atoms with Crippen molar-refractivity contribution >= 4 is 26.5 Å². The highest BCUT2D eigenvalue weighted by atomic mass is 28.3. The summed E-state index contributed by atoms with van der Waals surface area (Å²) in [6.45, 7) is 34.5. The minimum atomic E-state index is -2.17. The molecule has 1 aromatic carbocycles. The zero-order valence-corrected chi connectivity index (χ0v) is 23.8. The molecule has 0 fully saturated rings. The second kappa shape index (κ2) is 7.09. The molecular weight excluding hydrogens is 380 g/mol. The fraction of sp³-hybridized carbons (Fsp3) is 0.630. The highest BCUT2D eigenvalue weighted by molar-refractivity contribution is 7.00. The summed E-state index contributed by atoms with van der Waals surface area (Å²) >= 11 is 0. The summed E-state index contributed by atoms with van der Waals surface area (Å²) in [6.07, 6.45) is 2.65. The second-order valence-electron chi connectivity index (χ2n) is 12.9. The summed E-state index contributed by atoms with van der Waals surface area (Å²) in [5, 5.41) is 3.82. The van der Waals surface area contributed by atoms with Crippen LogP contribution in [0, 0.1) is 6.92 Å². The van der Waals surface area contributed by atoms with E-state index in [-0.39, 0.29) is 15.1 Å². The third-order valence-electron chi connectivity index (χ3n) is 7.84. The smallest absolute Gasteiger partial charge is 0.0736 e. The van der Waals surface area contributed by atoms with E-state index in [2.05, 4.69) is 120 Å². The van der Waals surface area contributed by atoms with E-state index in [4.69, 9.17) is 0 Å². The van der Waals surface area contributed by atoms with E-state index in [0.717, 1.165) is 0 Å². The lowest BCUT2D eigenvalue weighted by molar-refractivity contribution is 0.579. The Bertz CT molecular complexity index is 849. The number of aryl methyl sites for hydroxylation is 1. The summed E-state index contributed by atoms with van der Waals surface area (Å²) in [7, 11) is -3.57. The van der Waals surface area contributed by atoms with Crippen LogP contribution in [-0.2, 0) is 0 Å². The van der Waals surface area contributed by atoms with Crippen LogP contribution in [0.5, 0.6) is 0 Å². The van der Waals surface area contributed by atoms with Gasteiger partial charge in [0.1, 0.15) is 8.07 Å². The lowest BCUT2D eigenvalue weighted by Gasteiger charge is -2.61. The van der Waals surface area contributed by atoms with Crippen LogP contribution in [0.2, 0.25) is 34.8 Å². The quantitative estimate of drug-likeness (QED) is 0.431. The van der Waals surface area contributed by atoms with Gasteiger partial charge in [-0.3, -0.25) is 0 Å². The number of hydrogen-bond donors (Lipinski definition) is 0. The summed E-state index contributed by atoms with van der Waals surface area (Å²) in [5.74, 6) is 0. The predicted molar refractivity (Wildman–Crippen MR) is 139 cm³/mol. The van der Waals surface area contributed by atoms with E-state index >= 15 is 0 Å².